The number of carbonyl (C=O) groups excluding carboxylic acids is 2. The maximum absolute atomic E-state index is 11.6. The van der Waals surface area contributed by atoms with Gasteiger partial charge in [-0.3, -0.25) is 19.4 Å². The zero-order chi connectivity index (χ0) is 31.5. The van der Waals surface area contributed by atoms with E-state index in [1.54, 1.807) is 12.1 Å². The fourth-order valence-corrected chi connectivity index (χ4v) is 5.06. The van der Waals surface area contributed by atoms with E-state index in [-0.39, 0.29) is 6.04 Å². The molecule has 1 atom stereocenters. The molecule has 1 aliphatic rings. The number of carbonyl (C=O) groups is 2. The van der Waals surface area contributed by atoms with Gasteiger partial charge in [0, 0.05) is 32.7 Å². The standard InChI is InChI=1S/C33H39N5O6S/c39-24-30-4-1-3-29(35-30)23-37-11-15-41-19-21-43-17-13-38(14-18-44-22-20-42-16-12-37)33(32-6-2-5-31(25-40)36-32)27-7-9-28(10-8-27)34-26-45/h1-10,24-25,33H,11-23H2. The van der Waals surface area contributed by atoms with Crippen molar-refractivity contribution in [2.24, 2.45) is 4.99 Å². The molecule has 0 N–H and O–H groups in total. The molecule has 0 amide bonds. The van der Waals surface area contributed by atoms with Gasteiger partial charge in [-0.25, -0.2) is 9.97 Å². The molecule has 12 heteroatoms. The van der Waals surface area contributed by atoms with Gasteiger partial charge in [0.2, 0.25) is 0 Å². The van der Waals surface area contributed by atoms with Crippen molar-refractivity contribution in [1.29, 1.82) is 0 Å². The van der Waals surface area contributed by atoms with E-state index in [1.165, 1.54) is 0 Å². The molecule has 1 unspecified atom stereocenters. The third-order valence-electron chi connectivity index (χ3n) is 7.17. The predicted octanol–water partition coefficient (Wildman–Crippen LogP) is 3.81. The molecule has 0 aliphatic carbocycles. The van der Waals surface area contributed by atoms with Gasteiger partial charge in [-0.2, -0.15) is 4.99 Å². The Morgan fingerprint density at radius 3 is 1.87 bits per heavy atom. The van der Waals surface area contributed by atoms with Crippen molar-refractivity contribution in [2.75, 3.05) is 79.0 Å². The predicted molar refractivity (Wildman–Crippen MR) is 172 cm³/mol. The van der Waals surface area contributed by atoms with Crippen molar-refractivity contribution in [3.8, 4) is 0 Å². The monoisotopic (exact) mass is 633 g/mol. The summed E-state index contributed by atoms with van der Waals surface area (Å²) in [7, 11) is 0. The van der Waals surface area contributed by atoms with Crippen molar-refractivity contribution in [3.05, 3.63) is 89.0 Å². The molecule has 3 heterocycles. The van der Waals surface area contributed by atoms with E-state index in [9.17, 15) is 9.59 Å². The van der Waals surface area contributed by atoms with Crippen molar-refractivity contribution >= 4 is 35.6 Å². The van der Waals surface area contributed by atoms with Crippen molar-refractivity contribution in [2.45, 2.75) is 12.6 Å². The zero-order valence-electron chi connectivity index (χ0n) is 25.3. The number of thiocarbonyl (C=S) groups is 1. The van der Waals surface area contributed by atoms with Gasteiger partial charge in [-0.05, 0) is 54.2 Å². The van der Waals surface area contributed by atoms with Crippen LogP contribution in [0.15, 0.2) is 65.7 Å². The molecule has 0 radical (unpaired) electrons. The normalized spacial score (nSPS) is 17.7. The molecule has 1 aromatic carbocycles. The van der Waals surface area contributed by atoms with E-state index in [4.69, 9.17) is 31.2 Å². The van der Waals surface area contributed by atoms with Crippen LogP contribution in [0.3, 0.4) is 0 Å². The van der Waals surface area contributed by atoms with E-state index in [2.05, 4.69) is 29.9 Å². The quantitative estimate of drug-likeness (QED) is 0.205. The fraction of sp³-hybridized carbons (Fsp3) is 0.424. The molecule has 11 nitrogen and oxygen atoms in total. The van der Waals surface area contributed by atoms with Crippen LogP contribution < -0.4 is 0 Å². The van der Waals surface area contributed by atoms with Gasteiger partial charge in [0.05, 0.1) is 81.1 Å². The van der Waals surface area contributed by atoms with Crippen LogP contribution in [0.5, 0.6) is 0 Å². The third-order valence-corrected chi connectivity index (χ3v) is 7.26. The molecular formula is C33H39N5O6S. The Balaban J connectivity index is 1.41. The molecule has 4 rings (SSSR count). The first kappa shape index (κ1) is 34.3. The second-order valence-electron chi connectivity index (χ2n) is 10.2. The molecular weight excluding hydrogens is 594 g/mol. The van der Waals surface area contributed by atoms with Crippen LogP contribution in [0, 0.1) is 0 Å². The number of hydrogen-bond acceptors (Lipinski definition) is 12. The van der Waals surface area contributed by atoms with E-state index in [1.807, 2.05) is 48.5 Å². The lowest BCUT2D eigenvalue weighted by Crippen LogP contribution is -2.36. The average molecular weight is 634 g/mol. The van der Waals surface area contributed by atoms with Crippen LogP contribution >= 0.6 is 12.2 Å². The highest BCUT2D eigenvalue weighted by molar-refractivity contribution is 7.78. The molecule has 3 aromatic rings. The van der Waals surface area contributed by atoms with Crippen LogP contribution in [0.4, 0.5) is 5.69 Å². The molecule has 1 fully saturated rings. The fourth-order valence-electron chi connectivity index (χ4n) is 4.96. The number of nitrogens with zero attached hydrogens (tertiary/aromatic N) is 5. The summed E-state index contributed by atoms with van der Waals surface area (Å²) >= 11 is 4.76. The maximum Gasteiger partial charge on any atom is 0.168 e. The summed E-state index contributed by atoms with van der Waals surface area (Å²) in [4.78, 5) is 40.2. The van der Waals surface area contributed by atoms with Gasteiger partial charge in [-0.1, -0.05) is 24.3 Å². The summed E-state index contributed by atoms with van der Waals surface area (Å²) in [5.41, 5.74) is 4.05. The van der Waals surface area contributed by atoms with Crippen molar-refractivity contribution < 1.29 is 28.5 Å². The first-order valence-corrected chi connectivity index (χ1v) is 15.4. The number of pyridine rings is 2. The molecule has 1 saturated heterocycles. The Labute approximate surface area is 269 Å². The first-order valence-electron chi connectivity index (χ1n) is 15.0. The van der Waals surface area contributed by atoms with Crippen molar-refractivity contribution in [1.82, 2.24) is 19.8 Å². The van der Waals surface area contributed by atoms with Gasteiger partial charge in [0.15, 0.2) is 12.6 Å². The van der Waals surface area contributed by atoms with Crippen LogP contribution in [0.2, 0.25) is 0 Å². The van der Waals surface area contributed by atoms with Gasteiger partial charge < -0.3 is 18.9 Å². The lowest BCUT2D eigenvalue weighted by atomic mass is 10.0. The van der Waals surface area contributed by atoms with Crippen LogP contribution in [-0.4, -0.2) is 117 Å². The average Bonchev–Trinajstić information content (AvgIpc) is 3.07. The van der Waals surface area contributed by atoms with Crippen LogP contribution in [0.1, 0.15) is 44.0 Å². The Hall–Kier alpha value is -3.58. The second kappa shape index (κ2) is 19.7. The summed E-state index contributed by atoms with van der Waals surface area (Å²) in [5.74, 6) is 0. The van der Waals surface area contributed by atoms with Gasteiger partial charge >= 0.3 is 0 Å². The highest BCUT2D eigenvalue weighted by atomic mass is 32.1. The highest BCUT2D eigenvalue weighted by Gasteiger charge is 2.24. The molecule has 0 bridgehead atoms. The topological polar surface area (TPSA) is 116 Å². The summed E-state index contributed by atoms with van der Waals surface area (Å²) in [6.45, 7) is 6.94. The lowest BCUT2D eigenvalue weighted by molar-refractivity contribution is 0.00332. The maximum atomic E-state index is 11.6. The van der Waals surface area contributed by atoms with Gasteiger partial charge in [-0.15, -0.1) is 0 Å². The SMILES string of the molecule is O=Cc1cccc(CN2CCOCCOCCN(C(c3ccc(N=C=S)cc3)c3cccc(C=O)n3)CCOCCOCC2)n1. The number of isothiocyanates is 1. The number of aromatic nitrogens is 2. The smallest absolute Gasteiger partial charge is 0.168 e. The number of rotatable bonds is 8. The molecule has 0 saturated carbocycles. The minimum Gasteiger partial charge on any atom is -0.378 e. The summed E-state index contributed by atoms with van der Waals surface area (Å²) in [6.07, 6.45) is 1.51. The Kier molecular flexibility index (Phi) is 15.0. The Bertz CT molecular complexity index is 1370. The van der Waals surface area contributed by atoms with Crippen molar-refractivity contribution in [3.63, 3.8) is 0 Å². The second-order valence-corrected chi connectivity index (χ2v) is 10.4. The zero-order valence-corrected chi connectivity index (χ0v) is 26.1. The van der Waals surface area contributed by atoms with E-state index >= 15 is 0 Å². The minimum absolute atomic E-state index is 0.256. The molecule has 238 valence electrons. The Morgan fingerprint density at radius 2 is 1.29 bits per heavy atom. The molecule has 45 heavy (non-hydrogen) atoms. The number of hydrogen-bond donors (Lipinski definition) is 0. The van der Waals surface area contributed by atoms with Crippen LogP contribution in [-0.2, 0) is 25.5 Å². The number of benzene rings is 1. The van der Waals surface area contributed by atoms with E-state index < -0.39 is 0 Å². The van der Waals surface area contributed by atoms with Crippen LogP contribution in [0.25, 0.3) is 0 Å². The first-order chi connectivity index (χ1) is 22.2. The molecule has 0 spiro atoms. The third kappa shape index (κ3) is 11.7. The summed E-state index contributed by atoms with van der Waals surface area (Å²) < 4.78 is 23.7. The molecule has 2 aromatic heterocycles. The largest absolute Gasteiger partial charge is 0.378 e. The van der Waals surface area contributed by atoms with Gasteiger partial charge in [0.1, 0.15) is 11.4 Å². The summed E-state index contributed by atoms with van der Waals surface area (Å²) in [5, 5.41) is 2.40. The lowest BCUT2D eigenvalue weighted by Gasteiger charge is -2.32. The van der Waals surface area contributed by atoms with E-state index in [0.29, 0.717) is 103 Å². The summed E-state index contributed by atoms with van der Waals surface area (Å²) in [6, 6.07) is 18.4. The van der Waals surface area contributed by atoms with Gasteiger partial charge in [0.25, 0.3) is 0 Å². The highest BCUT2D eigenvalue weighted by Crippen LogP contribution is 2.29. The molecule has 1 aliphatic heterocycles. The van der Waals surface area contributed by atoms with E-state index in [0.717, 1.165) is 29.5 Å². The number of ether oxygens (including phenoxy) is 4. The number of aliphatic imine (C=N–C) groups is 1. The number of aldehydes is 2. The Morgan fingerprint density at radius 1 is 0.733 bits per heavy atom. The minimum atomic E-state index is -0.256.